The second kappa shape index (κ2) is 6.95. The second-order valence-corrected chi connectivity index (χ2v) is 3.91. The van der Waals surface area contributed by atoms with Crippen LogP contribution in [0.5, 0.6) is 0 Å². The summed E-state index contributed by atoms with van der Waals surface area (Å²) in [6, 6.07) is 3.80. The SMILES string of the molecule is CC(CCCN)C(=O)NCc1cccnc1. The predicted octanol–water partition coefficient (Wildman–Crippen LogP) is 1.07. The van der Waals surface area contributed by atoms with Crippen LogP contribution in [-0.2, 0) is 11.3 Å². The van der Waals surface area contributed by atoms with Crippen molar-refractivity contribution in [3.8, 4) is 0 Å². The number of pyridine rings is 1. The van der Waals surface area contributed by atoms with Crippen molar-refractivity contribution in [2.24, 2.45) is 11.7 Å². The van der Waals surface area contributed by atoms with E-state index in [0.29, 0.717) is 13.1 Å². The van der Waals surface area contributed by atoms with Crippen LogP contribution in [0.25, 0.3) is 0 Å². The molecule has 0 aliphatic rings. The molecule has 0 aliphatic heterocycles. The molecule has 1 unspecified atom stereocenters. The molecule has 1 aromatic rings. The van der Waals surface area contributed by atoms with Gasteiger partial charge in [-0.15, -0.1) is 0 Å². The van der Waals surface area contributed by atoms with Crippen LogP contribution < -0.4 is 11.1 Å². The van der Waals surface area contributed by atoms with Gasteiger partial charge in [-0.1, -0.05) is 13.0 Å². The number of amides is 1. The van der Waals surface area contributed by atoms with E-state index in [-0.39, 0.29) is 11.8 Å². The van der Waals surface area contributed by atoms with Crippen molar-refractivity contribution in [1.82, 2.24) is 10.3 Å². The first-order valence-corrected chi connectivity index (χ1v) is 5.60. The third-order valence-electron chi connectivity index (χ3n) is 2.48. The lowest BCUT2D eigenvalue weighted by Crippen LogP contribution is -2.29. The number of nitrogens with two attached hydrogens (primary N) is 1. The van der Waals surface area contributed by atoms with Crippen molar-refractivity contribution in [1.29, 1.82) is 0 Å². The molecule has 1 heterocycles. The third-order valence-corrected chi connectivity index (χ3v) is 2.48. The van der Waals surface area contributed by atoms with E-state index in [4.69, 9.17) is 5.73 Å². The number of nitrogens with zero attached hydrogens (tertiary/aromatic N) is 1. The van der Waals surface area contributed by atoms with Gasteiger partial charge >= 0.3 is 0 Å². The van der Waals surface area contributed by atoms with Gasteiger partial charge in [0.1, 0.15) is 0 Å². The van der Waals surface area contributed by atoms with Gasteiger partial charge in [0.2, 0.25) is 5.91 Å². The highest BCUT2D eigenvalue weighted by atomic mass is 16.1. The molecule has 16 heavy (non-hydrogen) atoms. The van der Waals surface area contributed by atoms with Crippen molar-refractivity contribution in [2.75, 3.05) is 6.54 Å². The van der Waals surface area contributed by atoms with Crippen LogP contribution in [0.2, 0.25) is 0 Å². The maximum absolute atomic E-state index is 11.6. The van der Waals surface area contributed by atoms with E-state index in [9.17, 15) is 4.79 Å². The minimum Gasteiger partial charge on any atom is -0.352 e. The van der Waals surface area contributed by atoms with Gasteiger partial charge in [0.05, 0.1) is 0 Å². The van der Waals surface area contributed by atoms with Crippen molar-refractivity contribution in [3.05, 3.63) is 30.1 Å². The van der Waals surface area contributed by atoms with E-state index in [1.807, 2.05) is 19.1 Å². The summed E-state index contributed by atoms with van der Waals surface area (Å²) >= 11 is 0. The first-order valence-electron chi connectivity index (χ1n) is 5.60. The van der Waals surface area contributed by atoms with E-state index < -0.39 is 0 Å². The molecular formula is C12H19N3O. The molecule has 1 amide bonds. The Bertz CT molecular complexity index is 313. The van der Waals surface area contributed by atoms with Gasteiger partial charge in [0.15, 0.2) is 0 Å². The Morgan fingerprint density at radius 1 is 1.62 bits per heavy atom. The zero-order valence-corrected chi connectivity index (χ0v) is 9.65. The minimum absolute atomic E-state index is 0.0280. The van der Waals surface area contributed by atoms with Crippen LogP contribution in [0, 0.1) is 5.92 Å². The molecule has 0 bridgehead atoms. The van der Waals surface area contributed by atoms with Gasteiger partial charge in [-0.3, -0.25) is 9.78 Å². The molecule has 1 rings (SSSR count). The van der Waals surface area contributed by atoms with Crippen molar-refractivity contribution < 1.29 is 4.79 Å². The predicted molar refractivity (Wildman–Crippen MR) is 63.5 cm³/mol. The van der Waals surface area contributed by atoms with E-state index in [1.165, 1.54) is 0 Å². The Balaban J connectivity index is 2.29. The Kier molecular flexibility index (Phi) is 5.50. The van der Waals surface area contributed by atoms with E-state index >= 15 is 0 Å². The van der Waals surface area contributed by atoms with Crippen molar-refractivity contribution in [2.45, 2.75) is 26.3 Å². The maximum Gasteiger partial charge on any atom is 0.223 e. The summed E-state index contributed by atoms with van der Waals surface area (Å²) in [5.74, 6) is 0.109. The number of hydrogen-bond donors (Lipinski definition) is 2. The lowest BCUT2D eigenvalue weighted by molar-refractivity contribution is -0.124. The molecule has 0 saturated heterocycles. The third kappa shape index (κ3) is 4.40. The molecule has 4 heteroatoms. The summed E-state index contributed by atoms with van der Waals surface area (Å²) in [7, 11) is 0. The van der Waals surface area contributed by atoms with Gasteiger partial charge in [0.25, 0.3) is 0 Å². The fourth-order valence-electron chi connectivity index (χ4n) is 1.42. The standard InChI is InChI=1S/C12H19N3O/c1-10(4-2-6-13)12(16)15-9-11-5-3-7-14-8-11/h3,5,7-8,10H,2,4,6,9,13H2,1H3,(H,15,16). The number of carbonyl (C=O) groups is 1. The summed E-state index contributed by atoms with van der Waals surface area (Å²) in [4.78, 5) is 15.6. The zero-order chi connectivity index (χ0) is 11.8. The van der Waals surface area contributed by atoms with Gasteiger partial charge in [0, 0.05) is 24.9 Å². The summed E-state index contributed by atoms with van der Waals surface area (Å²) in [6.07, 6.45) is 5.21. The van der Waals surface area contributed by atoms with Crippen LogP contribution in [0.3, 0.4) is 0 Å². The van der Waals surface area contributed by atoms with Gasteiger partial charge in [-0.05, 0) is 31.0 Å². The Labute approximate surface area is 96.3 Å². The van der Waals surface area contributed by atoms with Gasteiger partial charge in [-0.25, -0.2) is 0 Å². The summed E-state index contributed by atoms with van der Waals surface area (Å²) < 4.78 is 0. The van der Waals surface area contributed by atoms with Crippen LogP contribution in [0.4, 0.5) is 0 Å². The Hall–Kier alpha value is -1.42. The highest BCUT2D eigenvalue weighted by Gasteiger charge is 2.11. The molecule has 0 aromatic carbocycles. The normalized spacial score (nSPS) is 12.1. The first kappa shape index (κ1) is 12.6. The first-order chi connectivity index (χ1) is 7.74. The topological polar surface area (TPSA) is 68.0 Å². The van der Waals surface area contributed by atoms with Gasteiger partial charge in [-0.2, -0.15) is 0 Å². The molecule has 88 valence electrons. The largest absolute Gasteiger partial charge is 0.352 e. The molecule has 4 nitrogen and oxygen atoms in total. The Morgan fingerprint density at radius 2 is 2.44 bits per heavy atom. The molecule has 0 fully saturated rings. The quantitative estimate of drug-likeness (QED) is 0.755. The van der Waals surface area contributed by atoms with Crippen LogP contribution in [-0.4, -0.2) is 17.4 Å². The summed E-state index contributed by atoms with van der Waals surface area (Å²) in [5, 5.41) is 2.89. The van der Waals surface area contributed by atoms with E-state index in [0.717, 1.165) is 18.4 Å². The fraction of sp³-hybridized carbons (Fsp3) is 0.500. The van der Waals surface area contributed by atoms with Crippen LogP contribution in [0.15, 0.2) is 24.5 Å². The minimum atomic E-state index is 0.0280. The van der Waals surface area contributed by atoms with Crippen molar-refractivity contribution in [3.63, 3.8) is 0 Å². The van der Waals surface area contributed by atoms with Gasteiger partial charge < -0.3 is 11.1 Å². The smallest absolute Gasteiger partial charge is 0.223 e. The summed E-state index contributed by atoms with van der Waals surface area (Å²) in [6.45, 7) is 3.11. The average molecular weight is 221 g/mol. The van der Waals surface area contributed by atoms with Crippen LogP contribution in [0.1, 0.15) is 25.3 Å². The van der Waals surface area contributed by atoms with E-state index in [2.05, 4.69) is 10.3 Å². The summed E-state index contributed by atoms with van der Waals surface area (Å²) in [5.41, 5.74) is 6.42. The number of rotatable bonds is 6. The molecule has 0 aliphatic carbocycles. The molecular weight excluding hydrogens is 202 g/mol. The molecule has 1 atom stereocenters. The lowest BCUT2D eigenvalue weighted by atomic mass is 10.0. The number of nitrogens with one attached hydrogen (secondary N) is 1. The zero-order valence-electron chi connectivity index (χ0n) is 9.65. The monoisotopic (exact) mass is 221 g/mol. The molecule has 0 saturated carbocycles. The molecule has 0 spiro atoms. The number of hydrogen-bond acceptors (Lipinski definition) is 3. The number of carbonyl (C=O) groups excluding carboxylic acids is 1. The molecule has 1 aromatic heterocycles. The highest BCUT2D eigenvalue weighted by Crippen LogP contribution is 2.05. The fourth-order valence-corrected chi connectivity index (χ4v) is 1.42. The van der Waals surface area contributed by atoms with Crippen LogP contribution >= 0.6 is 0 Å². The highest BCUT2D eigenvalue weighted by molar-refractivity contribution is 5.78. The lowest BCUT2D eigenvalue weighted by Gasteiger charge is -2.11. The number of aromatic nitrogens is 1. The molecule has 0 radical (unpaired) electrons. The van der Waals surface area contributed by atoms with E-state index in [1.54, 1.807) is 12.4 Å². The second-order valence-electron chi connectivity index (χ2n) is 3.91. The Morgan fingerprint density at radius 3 is 3.06 bits per heavy atom. The molecule has 3 N–H and O–H groups in total. The van der Waals surface area contributed by atoms with Crippen molar-refractivity contribution >= 4 is 5.91 Å². The average Bonchev–Trinajstić information content (AvgIpc) is 2.34. The maximum atomic E-state index is 11.6.